The molecule has 7 heteroatoms. The number of rotatable bonds is 5. The first-order chi connectivity index (χ1) is 10.6. The first-order valence-corrected chi connectivity index (χ1v) is 7.64. The highest BCUT2D eigenvalue weighted by Gasteiger charge is 2.25. The van der Waals surface area contributed by atoms with Crippen molar-refractivity contribution in [3.05, 3.63) is 29.3 Å². The average molecular weight is 326 g/mol. The Morgan fingerprint density at radius 1 is 1.36 bits per heavy atom. The van der Waals surface area contributed by atoms with Crippen molar-refractivity contribution in [3.8, 4) is 5.75 Å². The maximum atomic E-state index is 12.0. The van der Waals surface area contributed by atoms with Crippen LogP contribution in [-0.4, -0.2) is 43.1 Å². The number of ether oxygens (including phenoxy) is 1. The summed E-state index contributed by atoms with van der Waals surface area (Å²) in [5, 5.41) is 3.40. The van der Waals surface area contributed by atoms with Crippen LogP contribution in [0.5, 0.6) is 5.75 Å². The fourth-order valence-electron chi connectivity index (χ4n) is 2.36. The number of benzene rings is 1. The number of urea groups is 1. The van der Waals surface area contributed by atoms with Crippen molar-refractivity contribution in [2.45, 2.75) is 12.8 Å². The highest BCUT2D eigenvalue weighted by atomic mass is 35.5. The van der Waals surface area contributed by atoms with Crippen molar-refractivity contribution in [2.75, 3.05) is 26.2 Å². The molecule has 3 N–H and O–H groups in total. The second kappa shape index (κ2) is 7.89. The third-order valence-corrected chi connectivity index (χ3v) is 3.86. The van der Waals surface area contributed by atoms with Crippen molar-refractivity contribution in [2.24, 2.45) is 11.7 Å². The Morgan fingerprint density at radius 2 is 2.09 bits per heavy atom. The highest BCUT2D eigenvalue weighted by Crippen LogP contribution is 2.17. The molecule has 1 aromatic carbocycles. The fraction of sp³-hybridized carbons (Fsp3) is 0.467. The number of nitrogens with zero attached hydrogens (tertiary/aromatic N) is 1. The lowest BCUT2D eigenvalue weighted by atomic mass is 9.96. The van der Waals surface area contributed by atoms with Gasteiger partial charge in [-0.05, 0) is 31.0 Å². The Balaban J connectivity index is 1.65. The van der Waals surface area contributed by atoms with Crippen molar-refractivity contribution >= 4 is 23.5 Å². The number of nitrogens with two attached hydrogens (primary N) is 1. The Hall–Kier alpha value is -1.95. The lowest BCUT2D eigenvalue weighted by Crippen LogP contribution is -2.47. The van der Waals surface area contributed by atoms with Crippen molar-refractivity contribution < 1.29 is 14.3 Å². The molecule has 0 atom stereocenters. The quantitative estimate of drug-likeness (QED) is 0.807. The summed E-state index contributed by atoms with van der Waals surface area (Å²) in [6.45, 7) is 1.87. The van der Waals surface area contributed by atoms with E-state index in [9.17, 15) is 9.59 Å². The van der Waals surface area contributed by atoms with Crippen LogP contribution in [0.3, 0.4) is 0 Å². The zero-order valence-corrected chi connectivity index (χ0v) is 13.0. The number of halogens is 1. The lowest BCUT2D eigenvalue weighted by molar-refractivity contribution is -0.123. The predicted molar refractivity (Wildman–Crippen MR) is 83.8 cm³/mol. The van der Waals surface area contributed by atoms with Crippen LogP contribution in [0.25, 0.3) is 0 Å². The van der Waals surface area contributed by atoms with E-state index in [0.717, 1.165) is 0 Å². The normalized spacial score (nSPS) is 15.4. The predicted octanol–water partition coefficient (Wildman–Crippen LogP) is 1.63. The van der Waals surface area contributed by atoms with E-state index < -0.39 is 0 Å². The molecule has 1 aromatic rings. The summed E-state index contributed by atoms with van der Waals surface area (Å²) < 4.78 is 5.49. The molecule has 22 heavy (non-hydrogen) atoms. The van der Waals surface area contributed by atoms with Crippen LogP contribution >= 0.6 is 11.6 Å². The molecule has 0 aromatic heterocycles. The van der Waals surface area contributed by atoms with Crippen LogP contribution in [0.15, 0.2) is 24.3 Å². The molecule has 1 saturated heterocycles. The van der Waals surface area contributed by atoms with Gasteiger partial charge < -0.3 is 20.7 Å². The Labute approximate surface area is 134 Å². The van der Waals surface area contributed by atoms with Crippen molar-refractivity contribution in [3.63, 3.8) is 0 Å². The summed E-state index contributed by atoms with van der Waals surface area (Å²) in [5.41, 5.74) is 5.27. The number of amides is 3. The zero-order chi connectivity index (χ0) is 15.9. The van der Waals surface area contributed by atoms with E-state index in [-0.39, 0.29) is 17.9 Å². The second-order valence-corrected chi connectivity index (χ2v) is 5.64. The number of carbonyl (C=O) groups excluding carboxylic acids is 2. The molecular weight excluding hydrogens is 306 g/mol. The molecule has 1 aliphatic rings. The molecule has 1 fully saturated rings. The second-order valence-electron chi connectivity index (χ2n) is 5.20. The molecule has 0 bridgehead atoms. The van der Waals surface area contributed by atoms with Gasteiger partial charge in [-0.3, -0.25) is 4.79 Å². The van der Waals surface area contributed by atoms with Crippen molar-refractivity contribution in [1.29, 1.82) is 0 Å². The summed E-state index contributed by atoms with van der Waals surface area (Å²) in [4.78, 5) is 24.7. The minimum Gasteiger partial charge on any atom is -0.492 e. The number of nitrogens with one attached hydrogen (secondary N) is 1. The average Bonchev–Trinajstić information content (AvgIpc) is 2.51. The minimum absolute atomic E-state index is 0.116. The van der Waals surface area contributed by atoms with E-state index in [1.165, 1.54) is 0 Å². The first-order valence-electron chi connectivity index (χ1n) is 7.26. The summed E-state index contributed by atoms with van der Waals surface area (Å²) in [6.07, 6.45) is 1.25. The Kier molecular flexibility index (Phi) is 5.89. The molecule has 0 aliphatic carbocycles. The molecule has 2 rings (SSSR count). The van der Waals surface area contributed by atoms with Gasteiger partial charge in [-0.25, -0.2) is 4.79 Å². The Bertz CT molecular complexity index is 531. The van der Waals surface area contributed by atoms with Gasteiger partial charge in [-0.1, -0.05) is 17.7 Å². The van der Waals surface area contributed by atoms with Crippen LogP contribution in [0.2, 0.25) is 5.02 Å². The number of hydrogen-bond acceptors (Lipinski definition) is 3. The maximum Gasteiger partial charge on any atom is 0.317 e. The summed E-state index contributed by atoms with van der Waals surface area (Å²) >= 11 is 5.85. The number of likely N-dealkylation sites (tertiary alicyclic amines) is 1. The molecule has 0 saturated carbocycles. The number of primary amides is 1. The van der Waals surface area contributed by atoms with E-state index >= 15 is 0 Å². The van der Waals surface area contributed by atoms with Gasteiger partial charge in [-0.15, -0.1) is 0 Å². The molecule has 0 unspecified atom stereocenters. The van der Waals surface area contributed by atoms with E-state index in [0.29, 0.717) is 49.9 Å². The number of carbonyl (C=O) groups is 2. The summed E-state index contributed by atoms with van der Waals surface area (Å²) in [7, 11) is 0. The van der Waals surface area contributed by atoms with Gasteiger partial charge in [0.15, 0.2) is 0 Å². The SMILES string of the molecule is NC(=O)C1CCN(C(=O)NCCOc2cccc(Cl)c2)CC1. The molecule has 1 aliphatic heterocycles. The van der Waals surface area contributed by atoms with Gasteiger partial charge in [0.25, 0.3) is 0 Å². The van der Waals surface area contributed by atoms with Gasteiger partial charge in [0.05, 0.1) is 6.54 Å². The largest absolute Gasteiger partial charge is 0.492 e. The summed E-state index contributed by atoms with van der Waals surface area (Å²) in [5.74, 6) is 0.272. The van der Waals surface area contributed by atoms with Crippen LogP contribution in [0, 0.1) is 5.92 Å². The lowest BCUT2D eigenvalue weighted by Gasteiger charge is -2.30. The summed E-state index contributed by atoms with van der Waals surface area (Å²) in [6, 6.07) is 6.96. The van der Waals surface area contributed by atoms with Crippen LogP contribution in [0.4, 0.5) is 4.79 Å². The van der Waals surface area contributed by atoms with E-state index in [1.54, 1.807) is 23.1 Å². The van der Waals surface area contributed by atoms with Gasteiger partial charge in [0.2, 0.25) is 5.91 Å². The smallest absolute Gasteiger partial charge is 0.317 e. The van der Waals surface area contributed by atoms with Crippen LogP contribution in [-0.2, 0) is 4.79 Å². The molecule has 1 heterocycles. The van der Waals surface area contributed by atoms with Crippen LogP contribution < -0.4 is 15.8 Å². The van der Waals surface area contributed by atoms with E-state index in [2.05, 4.69) is 5.32 Å². The number of piperidine rings is 1. The maximum absolute atomic E-state index is 12.0. The van der Waals surface area contributed by atoms with Gasteiger partial charge >= 0.3 is 6.03 Å². The van der Waals surface area contributed by atoms with Gasteiger partial charge in [0.1, 0.15) is 12.4 Å². The standard InChI is InChI=1S/C15H20ClN3O3/c16-12-2-1-3-13(10-12)22-9-6-18-15(21)19-7-4-11(5-8-19)14(17)20/h1-3,10-11H,4-9H2,(H2,17,20)(H,18,21). The molecular formula is C15H20ClN3O3. The monoisotopic (exact) mass is 325 g/mol. The molecule has 0 radical (unpaired) electrons. The third-order valence-electron chi connectivity index (χ3n) is 3.63. The number of hydrogen-bond donors (Lipinski definition) is 2. The van der Waals surface area contributed by atoms with E-state index in [1.807, 2.05) is 6.07 Å². The fourth-order valence-corrected chi connectivity index (χ4v) is 2.54. The molecule has 3 amide bonds. The molecule has 6 nitrogen and oxygen atoms in total. The highest BCUT2D eigenvalue weighted by molar-refractivity contribution is 6.30. The Morgan fingerprint density at radius 3 is 2.73 bits per heavy atom. The zero-order valence-electron chi connectivity index (χ0n) is 12.3. The van der Waals surface area contributed by atoms with Gasteiger partial charge in [0, 0.05) is 24.0 Å². The van der Waals surface area contributed by atoms with E-state index in [4.69, 9.17) is 22.1 Å². The van der Waals surface area contributed by atoms with Crippen LogP contribution in [0.1, 0.15) is 12.8 Å². The topological polar surface area (TPSA) is 84.7 Å². The van der Waals surface area contributed by atoms with Gasteiger partial charge in [-0.2, -0.15) is 0 Å². The first kappa shape index (κ1) is 16.4. The van der Waals surface area contributed by atoms with Crippen molar-refractivity contribution in [1.82, 2.24) is 10.2 Å². The minimum atomic E-state index is -0.282. The third kappa shape index (κ3) is 4.80. The molecule has 120 valence electrons. The molecule has 0 spiro atoms.